The molecule has 0 radical (unpaired) electrons. The summed E-state index contributed by atoms with van der Waals surface area (Å²) < 4.78 is 5.09. The highest BCUT2D eigenvalue weighted by atomic mass is 16.5. The third-order valence-corrected chi connectivity index (χ3v) is 3.01. The minimum Gasteiger partial charge on any atom is -0.380 e. The van der Waals surface area contributed by atoms with Gasteiger partial charge in [-0.15, -0.1) is 0 Å². The molecular formula is C15H25N3O. The van der Waals surface area contributed by atoms with Gasteiger partial charge in [0.2, 0.25) is 0 Å². The van der Waals surface area contributed by atoms with Crippen LogP contribution < -0.4 is 10.6 Å². The third kappa shape index (κ3) is 5.75. The number of nitrogens with one attached hydrogen (secondary N) is 2. The van der Waals surface area contributed by atoms with Gasteiger partial charge in [-0.3, -0.25) is 4.99 Å². The molecule has 1 atom stereocenters. The van der Waals surface area contributed by atoms with Gasteiger partial charge in [0.25, 0.3) is 0 Å². The second-order valence-electron chi connectivity index (χ2n) is 4.63. The van der Waals surface area contributed by atoms with Crippen molar-refractivity contribution in [2.24, 2.45) is 4.99 Å². The minimum absolute atomic E-state index is 0.426. The lowest BCUT2D eigenvalue weighted by Crippen LogP contribution is -2.41. The molecule has 4 heteroatoms. The molecule has 0 aliphatic heterocycles. The maximum atomic E-state index is 5.09. The Balaban J connectivity index is 2.46. The fraction of sp³-hybridized carbons (Fsp3) is 0.533. The summed E-state index contributed by atoms with van der Waals surface area (Å²) in [4.78, 5) is 4.21. The number of hydrogen-bond donors (Lipinski definition) is 2. The van der Waals surface area contributed by atoms with Gasteiger partial charge in [-0.1, -0.05) is 31.2 Å². The van der Waals surface area contributed by atoms with E-state index in [0.717, 1.165) is 18.9 Å². The Bertz CT molecular complexity index is 387. The summed E-state index contributed by atoms with van der Waals surface area (Å²) >= 11 is 0. The molecule has 106 valence electrons. The molecule has 19 heavy (non-hydrogen) atoms. The maximum Gasteiger partial charge on any atom is 0.191 e. The topological polar surface area (TPSA) is 45.7 Å². The summed E-state index contributed by atoms with van der Waals surface area (Å²) in [5.74, 6) is 0.843. The first-order valence-electron chi connectivity index (χ1n) is 6.73. The Labute approximate surface area is 116 Å². The molecule has 0 saturated heterocycles. The van der Waals surface area contributed by atoms with Crippen LogP contribution in [0, 0.1) is 0 Å². The SMILES string of the molecule is CCC(C)NC(=NC)NCc1ccc(COC)cc1. The summed E-state index contributed by atoms with van der Waals surface area (Å²) in [5.41, 5.74) is 2.42. The predicted octanol–water partition coefficient (Wildman–Crippen LogP) is 2.30. The van der Waals surface area contributed by atoms with Gasteiger partial charge in [0, 0.05) is 26.7 Å². The lowest BCUT2D eigenvalue weighted by atomic mass is 10.1. The van der Waals surface area contributed by atoms with Crippen LogP contribution in [0.1, 0.15) is 31.4 Å². The largest absolute Gasteiger partial charge is 0.380 e. The van der Waals surface area contributed by atoms with Crippen LogP contribution >= 0.6 is 0 Å². The number of benzene rings is 1. The first kappa shape index (κ1) is 15.5. The van der Waals surface area contributed by atoms with Crippen molar-refractivity contribution in [3.8, 4) is 0 Å². The van der Waals surface area contributed by atoms with Gasteiger partial charge in [-0.25, -0.2) is 0 Å². The van der Waals surface area contributed by atoms with E-state index in [-0.39, 0.29) is 0 Å². The van der Waals surface area contributed by atoms with E-state index in [2.05, 4.69) is 53.7 Å². The zero-order valence-corrected chi connectivity index (χ0v) is 12.4. The van der Waals surface area contributed by atoms with Gasteiger partial charge in [-0.05, 0) is 24.5 Å². The average Bonchev–Trinajstić information content (AvgIpc) is 2.45. The molecule has 4 nitrogen and oxygen atoms in total. The second-order valence-corrected chi connectivity index (χ2v) is 4.63. The molecule has 1 aromatic rings. The summed E-state index contributed by atoms with van der Waals surface area (Å²) in [6, 6.07) is 8.82. The highest BCUT2D eigenvalue weighted by Gasteiger charge is 2.02. The molecule has 0 aromatic heterocycles. The van der Waals surface area contributed by atoms with Gasteiger partial charge in [0.15, 0.2) is 5.96 Å². The second kappa shape index (κ2) is 8.53. The Hall–Kier alpha value is -1.55. The first-order chi connectivity index (χ1) is 9.19. The molecule has 1 aromatic carbocycles. The van der Waals surface area contributed by atoms with Gasteiger partial charge >= 0.3 is 0 Å². The molecule has 0 amide bonds. The standard InChI is InChI=1S/C15H25N3O/c1-5-12(2)18-15(16-3)17-10-13-6-8-14(9-7-13)11-19-4/h6-9,12H,5,10-11H2,1-4H3,(H2,16,17,18). The van der Waals surface area contributed by atoms with Crippen LogP contribution in [0.4, 0.5) is 0 Å². The number of ether oxygens (including phenoxy) is 1. The molecule has 0 heterocycles. The quantitative estimate of drug-likeness (QED) is 0.611. The van der Waals surface area contributed by atoms with Crippen LogP contribution in [0.15, 0.2) is 29.3 Å². The van der Waals surface area contributed by atoms with Gasteiger partial charge in [-0.2, -0.15) is 0 Å². The highest BCUT2D eigenvalue weighted by Crippen LogP contribution is 2.05. The molecule has 0 bridgehead atoms. The zero-order valence-electron chi connectivity index (χ0n) is 12.4. The van der Waals surface area contributed by atoms with Crippen molar-refractivity contribution in [2.75, 3.05) is 14.2 Å². The van der Waals surface area contributed by atoms with Crippen molar-refractivity contribution >= 4 is 5.96 Å². The lowest BCUT2D eigenvalue weighted by Gasteiger charge is -2.16. The molecule has 0 fully saturated rings. The number of guanidine groups is 1. The smallest absolute Gasteiger partial charge is 0.191 e. The highest BCUT2D eigenvalue weighted by molar-refractivity contribution is 5.79. The van der Waals surface area contributed by atoms with Crippen LogP contribution in [0.3, 0.4) is 0 Å². The number of aliphatic imine (C=N–C) groups is 1. The van der Waals surface area contributed by atoms with Crippen molar-refractivity contribution in [3.05, 3.63) is 35.4 Å². The summed E-state index contributed by atoms with van der Waals surface area (Å²) in [7, 11) is 3.50. The van der Waals surface area contributed by atoms with Crippen LogP contribution in [-0.2, 0) is 17.9 Å². The number of hydrogen-bond acceptors (Lipinski definition) is 2. The predicted molar refractivity (Wildman–Crippen MR) is 80.2 cm³/mol. The van der Waals surface area contributed by atoms with E-state index in [0.29, 0.717) is 12.6 Å². The van der Waals surface area contributed by atoms with Gasteiger partial charge in [0.1, 0.15) is 0 Å². The van der Waals surface area contributed by atoms with Crippen LogP contribution in [0.25, 0.3) is 0 Å². The van der Waals surface area contributed by atoms with E-state index in [9.17, 15) is 0 Å². The molecule has 0 saturated carbocycles. The minimum atomic E-state index is 0.426. The molecule has 1 unspecified atom stereocenters. The van der Waals surface area contributed by atoms with E-state index in [4.69, 9.17) is 4.74 Å². The fourth-order valence-electron chi connectivity index (χ4n) is 1.64. The van der Waals surface area contributed by atoms with Gasteiger partial charge in [0.05, 0.1) is 6.61 Å². The number of rotatable bonds is 6. The Kier molecular flexibility index (Phi) is 6.97. The Morgan fingerprint density at radius 1 is 1.26 bits per heavy atom. The van der Waals surface area contributed by atoms with Crippen LogP contribution in [-0.4, -0.2) is 26.2 Å². The monoisotopic (exact) mass is 263 g/mol. The van der Waals surface area contributed by atoms with E-state index in [1.165, 1.54) is 11.1 Å². The van der Waals surface area contributed by atoms with Crippen LogP contribution in [0.5, 0.6) is 0 Å². The maximum absolute atomic E-state index is 5.09. The van der Waals surface area contributed by atoms with Crippen molar-refractivity contribution < 1.29 is 4.74 Å². The van der Waals surface area contributed by atoms with E-state index >= 15 is 0 Å². The fourth-order valence-corrected chi connectivity index (χ4v) is 1.64. The van der Waals surface area contributed by atoms with Crippen molar-refractivity contribution in [1.29, 1.82) is 0 Å². The van der Waals surface area contributed by atoms with Crippen molar-refractivity contribution in [1.82, 2.24) is 10.6 Å². The number of nitrogens with zero attached hydrogens (tertiary/aromatic N) is 1. The van der Waals surface area contributed by atoms with E-state index in [1.54, 1.807) is 14.2 Å². The first-order valence-corrected chi connectivity index (χ1v) is 6.73. The summed E-state index contributed by atoms with van der Waals surface area (Å²) in [5, 5.41) is 6.65. The number of methoxy groups -OCH3 is 1. The molecular weight excluding hydrogens is 238 g/mol. The van der Waals surface area contributed by atoms with Crippen molar-refractivity contribution in [2.45, 2.75) is 39.5 Å². The average molecular weight is 263 g/mol. The summed E-state index contributed by atoms with van der Waals surface area (Å²) in [6.07, 6.45) is 1.08. The van der Waals surface area contributed by atoms with Gasteiger partial charge < -0.3 is 15.4 Å². The van der Waals surface area contributed by atoms with E-state index < -0.39 is 0 Å². The third-order valence-electron chi connectivity index (χ3n) is 3.01. The zero-order chi connectivity index (χ0) is 14.1. The van der Waals surface area contributed by atoms with Crippen LogP contribution in [0.2, 0.25) is 0 Å². The van der Waals surface area contributed by atoms with Crippen molar-refractivity contribution in [3.63, 3.8) is 0 Å². The Morgan fingerprint density at radius 3 is 2.42 bits per heavy atom. The molecule has 1 rings (SSSR count). The lowest BCUT2D eigenvalue weighted by molar-refractivity contribution is 0.185. The molecule has 0 aliphatic carbocycles. The molecule has 0 spiro atoms. The Morgan fingerprint density at radius 2 is 1.89 bits per heavy atom. The van der Waals surface area contributed by atoms with E-state index in [1.807, 2.05) is 0 Å². The normalized spacial score (nSPS) is 13.2. The molecule has 0 aliphatic rings. The molecule has 2 N–H and O–H groups in total. The summed E-state index contributed by atoms with van der Waals surface area (Å²) in [6.45, 7) is 5.72.